The Hall–Kier alpha value is -1.27. The molecule has 0 fully saturated rings. The largest absolute Gasteiger partial charge is 0.478 e. The SMILES string of the molecule is O=C(O)c1ccccc1C#CCCBr. The first-order chi connectivity index (χ1) is 6.75. The molecule has 0 atom stereocenters. The maximum absolute atomic E-state index is 10.8. The number of aromatic carboxylic acids is 1. The molecule has 0 heterocycles. The second-order valence-corrected chi connectivity index (χ2v) is 3.38. The van der Waals surface area contributed by atoms with E-state index in [2.05, 4.69) is 27.8 Å². The molecule has 1 aromatic rings. The highest BCUT2D eigenvalue weighted by Crippen LogP contribution is 2.06. The van der Waals surface area contributed by atoms with Gasteiger partial charge in [0, 0.05) is 17.3 Å². The molecule has 2 nitrogen and oxygen atoms in total. The van der Waals surface area contributed by atoms with Crippen molar-refractivity contribution in [2.24, 2.45) is 0 Å². The van der Waals surface area contributed by atoms with Crippen LogP contribution in [0.2, 0.25) is 0 Å². The van der Waals surface area contributed by atoms with Gasteiger partial charge in [-0.2, -0.15) is 0 Å². The van der Waals surface area contributed by atoms with Crippen LogP contribution in [-0.4, -0.2) is 16.4 Å². The maximum Gasteiger partial charge on any atom is 0.336 e. The van der Waals surface area contributed by atoms with Crippen molar-refractivity contribution < 1.29 is 9.90 Å². The van der Waals surface area contributed by atoms with Crippen molar-refractivity contribution in [2.75, 3.05) is 5.33 Å². The van der Waals surface area contributed by atoms with Crippen molar-refractivity contribution >= 4 is 21.9 Å². The van der Waals surface area contributed by atoms with Crippen LogP contribution < -0.4 is 0 Å². The van der Waals surface area contributed by atoms with Gasteiger partial charge >= 0.3 is 5.97 Å². The van der Waals surface area contributed by atoms with Gasteiger partial charge < -0.3 is 5.11 Å². The first kappa shape index (κ1) is 10.8. The summed E-state index contributed by atoms with van der Waals surface area (Å²) < 4.78 is 0. The third-order valence-electron chi connectivity index (χ3n) is 1.60. The summed E-state index contributed by atoms with van der Waals surface area (Å²) in [7, 11) is 0. The Kier molecular flexibility index (Phi) is 4.21. The number of carboxylic acids is 1. The lowest BCUT2D eigenvalue weighted by Gasteiger charge is -1.96. The van der Waals surface area contributed by atoms with E-state index in [0.29, 0.717) is 12.0 Å². The van der Waals surface area contributed by atoms with Crippen LogP contribution in [0.15, 0.2) is 24.3 Å². The van der Waals surface area contributed by atoms with Gasteiger partial charge in [0.1, 0.15) is 0 Å². The van der Waals surface area contributed by atoms with Crippen molar-refractivity contribution in [3.8, 4) is 11.8 Å². The van der Waals surface area contributed by atoms with E-state index in [1.807, 2.05) is 0 Å². The van der Waals surface area contributed by atoms with Crippen LogP contribution in [0.4, 0.5) is 0 Å². The van der Waals surface area contributed by atoms with Gasteiger partial charge in [-0.3, -0.25) is 0 Å². The monoisotopic (exact) mass is 252 g/mol. The third-order valence-corrected chi connectivity index (χ3v) is 2.00. The van der Waals surface area contributed by atoms with Crippen LogP contribution in [0.1, 0.15) is 22.3 Å². The molecule has 0 unspecified atom stereocenters. The predicted molar refractivity (Wildman–Crippen MR) is 58.7 cm³/mol. The van der Waals surface area contributed by atoms with Gasteiger partial charge in [-0.05, 0) is 12.1 Å². The summed E-state index contributed by atoms with van der Waals surface area (Å²) in [6, 6.07) is 6.74. The van der Waals surface area contributed by atoms with Crippen LogP contribution in [0.3, 0.4) is 0 Å². The van der Waals surface area contributed by atoms with Gasteiger partial charge in [-0.1, -0.05) is 39.9 Å². The third kappa shape index (κ3) is 2.90. The van der Waals surface area contributed by atoms with Gasteiger partial charge in [-0.25, -0.2) is 4.79 Å². The Balaban J connectivity index is 2.97. The van der Waals surface area contributed by atoms with E-state index < -0.39 is 5.97 Å². The maximum atomic E-state index is 10.8. The summed E-state index contributed by atoms with van der Waals surface area (Å²) >= 11 is 3.25. The molecule has 0 bridgehead atoms. The molecule has 72 valence electrons. The van der Waals surface area contributed by atoms with Gasteiger partial charge in [-0.15, -0.1) is 0 Å². The summed E-state index contributed by atoms with van der Waals surface area (Å²) in [5, 5.41) is 9.65. The van der Waals surface area contributed by atoms with Gasteiger partial charge in [0.05, 0.1) is 5.56 Å². The summed E-state index contributed by atoms with van der Waals surface area (Å²) in [4.78, 5) is 10.8. The van der Waals surface area contributed by atoms with Crippen molar-refractivity contribution in [2.45, 2.75) is 6.42 Å². The average molecular weight is 253 g/mol. The molecule has 0 amide bonds. The van der Waals surface area contributed by atoms with E-state index in [4.69, 9.17) is 5.11 Å². The zero-order valence-corrected chi connectivity index (χ0v) is 9.04. The highest BCUT2D eigenvalue weighted by Gasteiger charge is 2.05. The van der Waals surface area contributed by atoms with Crippen LogP contribution in [0.25, 0.3) is 0 Å². The van der Waals surface area contributed by atoms with Crippen LogP contribution in [-0.2, 0) is 0 Å². The molecule has 0 radical (unpaired) electrons. The number of rotatable bonds is 2. The first-order valence-corrected chi connectivity index (χ1v) is 5.25. The molecule has 0 aliphatic heterocycles. The predicted octanol–water partition coefficient (Wildman–Crippen LogP) is 2.52. The van der Waals surface area contributed by atoms with Crippen LogP contribution in [0.5, 0.6) is 0 Å². The van der Waals surface area contributed by atoms with Crippen molar-refractivity contribution in [1.29, 1.82) is 0 Å². The summed E-state index contributed by atoms with van der Waals surface area (Å²) in [6.45, 7) is 0. The van der Waals surface area contributed by atoms with Gasteiger partial charge in [0.2, 0.25) is 0 Å². The van der Waals surface area contributed by atoms with E-state index in [-0.39, 0.29) is 5.56 Å². The van der Waals surface area contributed by atoms with E-state index in [0.717, 1.165) is 5.33 Å². The standard InChI is InChI=1S/C11H9BrO2/c12-8-4-3-6-9-5-1-2-7-10(9)11(13)14/h1-2,5,7H,4,8H2,(H,13,14). The number of hydrogen-bond donors (Lipinski definition) is 1. The van der Waals surface area contributed by atoms with E-state index in [9.17, 15) is 4.79 Å². The Morgan fingerprint density at radius 1 is 1.43 bits per heavy atom. The average Bonchev–Trinajstić information content (AvgIpc) is 2.19. The summed E-state index contributed by atoms with van der Waals surface area (Å²) in [5.74, 6) is 4.78. The highest BCUT2D eigenvalue weighted by molar-refractivity contribution is 9.09. The Labute approximate surface area is 91.1 Å². The Morgan fingerprint density at radius 3 is 2.79 bits per heavy atom. The van der Waals surface area contributed by atoms with Crippen molar-refractivity contribution in [1.82, 2.24) is 0 Å². The quantitative estimate of drug-likeness (QED) is 0.649. The zero-order valence-electron chi connectivity index (χ0n) is 7.46. The molecular formula is C11H9BrO2. The number of halogens is 1. The van der Waals surface area contributed by atoms with Crippen LogP contribution >= 0.6 is 15.9 Å². The number of benzene rings is 1. The fraction of sp³-hybridized carbons (Fsp3) is 0.182. The lowest BCUT2D eigenvalue weighted by Crippen LogP contribution is -1.99. The molecule has 3 heteroatoms. The Bertz CT molecular complexity index is 388. The topological polar surface area (TPSA) is 37.3 Å². The molecule has 0 spiro atoms. The molecule has 1 rings (SSSR count). The normalized spacial score (nSPS) is 8.93. The summed E-state index contributed by atoms with van der Waals surface area (Å²) in [6.07, 6.45) is 0.716. The molecule has 0 aromatic heterocycles. The van der Waals surface area contributed by atoms with E-state index in [1.54, 1.807) is 24.3 Å². The molecule has 14 heavy (non-hydrogen) atoms. The second kappa shape index (κ2) is 5.46. The molecule has 1 aromatic carbocycles. The smallest absolute Gasteiger partial charge is 0.336 e. The Morgan fingerprint density at radius 2 is 2.14 bits per heavy atom. The van der Waals surface area contributed by atoms with Crippen molar-refractivity contribution in [3.05, 3.63) is 35.4 Å². The number of hydrogen-bond acceptors (Lipinski definition) is 1. The highest BCUT2D eigenvalue weighted by atomic mass is 79.9. The molecule has 0 saturated carbocycles. The minimum atomic E-state index is -0.936. The minimum Gasteiger partial charge on any atom is -0.478 e. The molecule has 0 aliphatic carbocycles. The lowest BCUT2D eigenvalue weighted by atomic mass is 10.1. The number of carbonyl (C=O) groups is 1. The van der Waals surface area contributed by atoms with Gasteiger partial charge in [0.25, 0.3) is 0 Å². The van der Waals surface area contributed by atoms with Gasteiger partial charge in [0.15, 0.2) is 0 Å². The molecule has 1 N–H and O–H groups in total. The molecular weight excluding hydrogens is 244 g/mol. The van der Waals surface area contributed by atoms with E-state index >= 15 is 0 Å². The van der Waals surface area contributed by atoms with Crippen molar-refractivity contribution in [3.63, 3.8) is 0 Å². The second-order valence-electron chi connectivity index (χ2n) is 2.59. The van der Waals surface area contributed by atoms with Crippen LogP contribution in [0, 0.1) is 11.8 Å². The molecule has 0 saturated heterocycles. The number of carboxylic acid groups (broad SMARTS) is 1. The first-order valence-electron chi connectivity index (χ1n) is 4.13. The number of alkyl halides is 1. The molecule has 0 aliphatic rings. The van der Waals surface area contributed by atoms with E-state index in [1.165, 1.54) is 0 Å². The summed E-state index contributed by atoms with van der Waals surface area (Å²) in [5.41, 5.74) is 0.829. The zero-order chi connectivity index (χ0) is 10.4. The fourth-order valence-corrected chi connectivity index (χ4v) is 1.18. The lowest BCUT2D eigenvalue weighted by molar-refractivity contribution is 0.0696. The minimum absolute atomic E-state index is 0.259. The fourth-order valence-electron chi connectivity index (χ4n) is 0.984.